The summed E-state index contributed by atoms with van der Waals surface area (Å²) in [7, 11) is 1.96. The molecule has 0 saturated heterocycles. The summed E-state index contributed by atoms with van der Waals surface area (Å²) < 4.78 is 1.97. The van der Waals surface area contributed by atoms with E-state index < -0.39 is 0 Å². The first-order chi connectivity index (χ1) is 8.81. The van der Waals surface area contributed by atoms with Gasteiger partial charge >= 0.3 is 0 Å². The minimum absolute atomic E-state index is 0.470. The minimum Gasteiger partial charge on any atom is -0.335 e. The van der Waals surface area contributed by atoms with Crippen LogP contribution in [0, 0.1) is 0 Å². The lowest BCUT2D eigenvalue weighted by Gasteiger charge is -2.03. The highest BCUT2D eigenvalue weighted by molar-refractivity contribution is 5.93. The molecule has 0 aliphatic rings. The van der Waals surface area contributed by atoms with Gasteiger partial charge < -0.3 is 10.3 Å². The van der Waals surface area contributed by atoms with Crippen molar-refractivity contribution < 1.29 is 0 Å². The molecule has 0 amide bonds. The molecule has 0 fully saturated rings. The third-order valence-corrected chi connectivity index (χ3v) is 2.99. The Morgan fingerprint density at radius 3 is 2.94 bits per heavy atom. The van der Waals surface area contributed by atoms with Crippen molar-refractivity contribution in [3.63, 3.8) is 0 Å². The van der Waals surface area contributed by atoms with E-state index >= 15 is 0 Å². The molecule has 0 saturated carbocycles. The quantitative estimate of drug-likeness (QED) is 0.735. The molecule has 5 nitrogen and oxygen atoms in total. The van der Waals surface area contributed by atoms with Crippen LogP contribution in [0.5, 0.6) is 0 Å². The second-order valence-corrected chi connectivity index (χ2v) is 4.13. The predicted molar refractivity (Wildman–Crippen MR) is 69.6 cm³/mol. The van der Waals surface area contributed by atoms with Crippen molar-refractivity contribution in [3.8, 4) is 11.3 Å². The van der Waals surface area contributed by atoms with Crippen molar-refractivity contribution in [2.75, 3.05) is 0 Å². The maximum Gasteiger partial charge on any atom is 0.144 e. The van der Waals surface area contributed by atoms with Gasteiger partial charge in [0.1, 0.15) is 12.0 Å². The molecule has 0 spiro atoms. The monoisotopic (exact) mass is 239 g/mol. The molecule has 18 heavy (non-hydrogen) atoms. The average Bonchev–Trinajstić information content (AvgIpc) is 2.77. The van der Waals surface area contributed by atoms with Crippen molar-refractivity contribution in [2.45, 2.75) is 6.54 Å². The van der Waals surface area contributed by atoms with E-state index in [1.165, 1.54) is 0 Å². The van der Waals surface area contributed by atoms with E-state index in [0.717, 1.165) is 27.9 Å². The molecule has 5 heteroatoms. The lowest BCUT2D eigenvalue weighted by molar-refractivity contribution is 0.930. The van der Waals surface area contributed by atoms with Crippen LogP contribution in [0.2, 0.25) is 0 Å². The molecule has 2 N–H and O–H groups in total. The van der Waals surface area contributed by atoms with Gasteiger partial charge in [-0.2, -0.15) is 0 Å². The smallest absolute Gasteiger partial charge is 0.144 e. The van der Waals surface area contributed by atoms with Crippen molar-refractivity contribution in [1.82, 2.24) is 19.5 Å². The van der Waals surface area contributed by atoms with Crippen LogP contribution >= 0.6 is 0 Å². The highest BCUT2D eigenvalue weighted by Crippen LogP contribution is 2.28. The molecule has 3 aromatic rings. The third-order valence-electron chi connectivity index (χ3n) is 2.99. The van der Waals surface area contributed by atoms with E-state index in [9.17, 15) is 0 Å². The van der Waals surface area contributed by atoms with Gasteiger partial charge in [-0.3, -0.25) is 4.98 Å². The minimum atomic E-state index is 0.470. The van der Waals surface area contributed by atoms with Crippen molar-refractivity contribution in [2.24, 2.45) is 12.8 Å². The Hall–Kier alpha value is -2.27. The van der Waals surface area contributed by atoms with Crippen molar-refractivity contribution >= 4 is 11.0 Å². The van der Waals surface area contributed by atoms with Crippen LogP contribution in [0.15, 0.2) is 37.1 Å². The number of pyridine rings is 1. The van der Waals surface area contributed by atoms with Crippen LogP contribution in [0.3, 0.4) is 0 Å². The summed E-state index contributed by atoms with van der Waals surface area (Å²) in [6, 6.07) is 3.89. The number of hydrogen-bond acceptors (Lipinski definition) is 4. The molecule has 0 aliphatic heterocycles. The van der Waals surface area contributed by atoms with Gasteiger partial charge in [-0.05, 0) is 17.7 Å². The summed E-state index contributed by atoms with van der Waals surface area (Å²) in [6.45, 7) is 0.470. The average molecular weight is 239 g/mol. The molecule has 3 rings (SSSR count). The summed E-state index contributed by atoms with van der Waals surface area (Å²) >= 11 is 0. The van der Waals surface area contributed by atoms with Gasteiger partial charge in [-0.25, -0.2) is 9.97 Å². The Morgan fingerprint density at radius 2 is 2.22 bits per heavy atom. The number of fused-ring (bicyclic) bond motifs is 1. The Labute approximate surface area is 104 Å². The van der Waals surface area contributed by atoms with Crippen LogP contribution in [0.25, 0.3) is 22.3 Å². The van der Waals surface area contributed by atoms with E-state index in [0.29, 0.717) is 6.54 Å². The first-order valence-electron chi connectivity index (χ1n) is 5.70. The van der Waals surface area contributed by atoms with E-state index in [1.54, 1.807) is 18.7 Å². The Bertz CT molecular complexity index is 687. The molecule has 0 aliphatic carbocycles. The largest absolute Gasteiger partial charge is 0.335 e. The Balaban J connectivity index is 2.36. The summed E-state index contributed by atoms with van der Waals surface area (Å²) in [6.07, 6.45) is 7.12. The van der Waals surface area contributed by atoms with Gasteiger partial charge in [0, 0.05) is 43.1 Å². The van der Waals surface area contributed by atoms with E-state index in [4.69, 9.17) is 5.73 Å². The van der Waals surface area contributed by atoms with Crippen LogP contribution in [0.1, 0.15) is 5.56 Å². The fourth-order valence-corrected chi connectivity index (χ4v) is 2.18. The third kappa shape index (κ3) is 1.56. The number of aryl methyl sites for hydroxylation is 1. The lowest BCUT2D eigenvalue weighted by atomic mass is 10.1. The van der Waals surface area contributed by atoms with Gasteiger partial charge in [-0.15, -0.1) is 0 Å². The van der Waals surface area contributed by atoms with Crippen LogP contribution in [-0.2, 0) is 13.6 Å². The number of rotatable bonds is 2. The Morgan fingerprint density at radius 1 is 1.33 bits per heavy atom. The molecule has 3 heterocycles. The molecule has 0 atom stereocenters. The molecular formula is C13H13N5. The molecule has 0 bridgehead atoms. The fraction of sp³-hybridized carbons (Fsp3) is 0.154. The number of aromatic nitrogens is 4. The number of nitrogens with zero attached hydrogens (tertiary/aromatic N) is 4. The summed E-state index contributed by atoms with van der Waals surface area (Å²) in [5.74, 6) is 0. The van der Waals surface area contributed by atoms with Gasteiger partial charge in [0.05, 0.1) is 5.69 Å². The van der Waals surface area contributed by atoms with Gasteiger partial charge in [0.25, 0.3) is 0 Å². The molecular weight excluding hydrogens is 226 g/mol. The van der Waals surface area contributed by atoms with Crippen molar-refractivity contribution in [1.29, 1.82) is 0 Å². The second kappa shape index (κ2) is 4.19. The van der Waals surface area contributed by atoms with E-state index in [1.807, 2.05) is 29.9 Å². The maximum absolute atomic E-state index is 5.79. The zero-order valence-corrected chi connectivity index (χ0v) is 10.0. The topological polar surface area (TPSA) is 69.6 Å². The standard InChI is InChI=1S/C13H13N5/c1-18-7-10(5-14)11-12(16-8-17-13(11)18)9-3-2-4-15-6-9/h2-4,6-8H,5,14H2,1H3. The highest BCUT2D eigenvalue weighted by atomic mass is 15.0. The highest BCUT2D eigenvalue weighted by Gasteiger charge is 2.13. The molecule has 0 unspecified atom stereocenters. The zero-order chi connectivity index (χ0) is 12.5. The number of nitrogens with two attached hydrogens (primary N) is 1. The van der Waals surface area contributed by atoms with Crippen LogP contribution < -0.4 is 5.73 Å². The first-order valence-corrected chi connectivity index (χ1v) is 5.70. The molecule has 0 aromatic carbocycles. The van der Waals surface area contributed by atoms with Crippen LogP contribution in [0.4, 0.5) is 0 Å². The van der Waals surface area contributed by atoms with Crippen LogP contribution in [-0.4, -0.2) is 19.5 Å². The molecule has 90 valence electrons. The van der Waals surface area contributed by atoms with Gasteiger partial charge in [0.2, 0.25) is 0 Å². The zero-order valence-electron chi connectivity index (χ0n) is 10.0. The van der Waals surface area contributed by atoms with E-state index in [2.05, 4.69) is 15.0 Å². The first kappa shape index (κ1) is 10.9. The van der Waals surface area contributed by atoms with E-state index in [-0.39, 0.29) is 0 Å². The van der Waals surface area contributed by atoms with Gasteiger partial charge in [0.15, 0.2) is 0 Å². The Kier molecular flexibility index (Phi) is 2.53. The predicted octanol–water partition coefficient (Wildman–Crippen LogP) is 1.49. The number of hydrogen-bond donors (Lipinski definition) is 1. The molecule has 0 radical (unpaired) electrons. The van der Waals surface area contributed by atoms with Gasteiger partial charge in [-0.1, -0.05) is 0 Å². The van der Waals surface area contributed by atoms with Crippen molar-refractivity contribution in [3.05, 3.63) is 42.6 Å². The summed E-state index contributed by atoms with van der Waals surface area (Å²) in [5, 5.41) is 1.01. The summed E-state index contributed by atoms with van der Waals surface area (Å²) in [4.78, 5) is 12.8. The second-order valence-electron chi connectivity index (χ2n) is 4.13. The maximum atomic E-state index is 5.79. The SMILES string of the molecule is Cn1cc(CN)c2c(-c3cccnc3)ncnc21. The summed E-state index contributed by atoms with van der Waals surface area (Å²) in [5.41, 5.74) is 9.59. The normalized spacial score (nSPS) is 11.0. The fourth-order valence-electron chi connectivity index (χ4n) is 2.18. The molecule has 3 aromatic heterocycles. The lowest BCUT2D eigenvalue weighted by Crippen LogP contribution is -1.96.